The van der Waals surface area contributed by atoms with Crippen molar-refractivity contribution in [3.63, 3.8) is 0 Å². The fraction of sp³-hybridized carbons (Fsp3) is 0.0714. The van der Waals surface area contributed by atoms with Gasteiger partial charge in [-0.2, -0.15) is 0 Å². The first-order valence-corrected chi connectivity index (χ1v) is 7.29. The van der Waals surface area contributed by atoms with Crippen LogP contribution in [0.1, 0.15) is 16.8 Å². The van der Waals surface area contributed by atoms with E-state index in [1.54, 1.807) is 24.3 Å². The van der Waals surface area contributed by atoms with Crippen LogP contribution in [0, 0.1) is 0 Å². The first kappa shape index (κ1) is 15.0. The van der Waals surface area contributed by atoms with Crippen molar-refractivity contribution in [2.45, 2.75) is 6.42 Å². The molecule has 1 aliphatic carbocycles. The van der Waals surface area contributed by atoms with Gasteiger partial charge in [-0.25, -0.2) is 4.39 Å². The van der Waals surface area contributed by atoms with E-state index in [1.165, 1.54) is 12.1 Å². The number of hydrogen-bond donors (Lipinski definition) is 2. The molecule has 0 unspecified atom stereocenters. The summed E-state index contributed by atoms with van der Waals surface area (Å²) in [4.78, 5) is 12.1. The van der Waals surface area contributed by atoms with Gasteiger partial charge >= 0.3 is 0 Å². The molecule has 20 heavy (non-hydrogen) atoms. The molecule has 0 heterocycles. The van der Waals surface area contributed by atoms with E-state index in [9.17, 15) is 14.3 Å². The predicted octanol–water partition coefficient (Wildman–Crippen LogP) is 4.34. The van der Waals surface area contributed by atoms with Gasteiger partial charge in [-0.3, -0.25) is 4.79 Å². The van der Waals surface area contributed by atoms with Crippen LogP contribution in [0.4, 0.5) is 4.39 Å². The molecule has 0 saturated heterocycles. The van der Waals surface area contributed by atoms with Crippen LogP contribution in [0.2, 0.25) is 0 Å². The van der Waals surface area contributed by atoms with Crippen LogP contribution in [0.3, 0.4) is 0 Å². The number of phenols is 1. The van der Waals surface area contributed by atoms with E-state index < -0.39 is 11.7 Å². The third-order valence-corrected chi connectivity index (χ3v) is 3.68. The Hall–Kier alpha value is -1.40. The molecule has 1 aromatic carbocycles. The molecule has 6 heteroatoms. The minimum absolute atomic E-state index is 0.0529. The molecule has 0 saturated carbocycles. The maximum atomic E-state index is 13.7. The smallest absolute Gasteiger partial charge is 0.259 e. The van der Waals surface area contributed by atoms with Crippen molar-refractivity contribution in [2.75, 3.05) is 0 Å². The van der Waals surface area contributed by atoms with Gasteiger partial charge in [0, 0.05) is 10.9 Å². The zero-order valence-electron chi connectivity index (χ0n) is 10.2. The normalized spacial score (nSPS) is 14.3. The SMILES string of the molecule is O=C(NC1=C(F)CC=CC=C1)c1cc(Br)cc(Br)c1O. The zero-order valence-corrected chi connectivity index (χ0v) is 13.3. The summed E-state index contributed by atoms with van der Waals surface area (Å²) in [6.07, 6.45) is 6.58. The average Bonchev–Trinajstić information content (AvgIpc) is 2.59. The van der Waals surface area contributed by atoms with Gasteiger partial charge in [-0.1, -0.05) is 34.2 Å². The van der Waals surface area contributed by atoms with Gasteiger partial charge in [0.15, 0.2) is 0 Å². The lowest BCUT2D eigenvalue weighted by Crippen LogP contribution is -2.23. The third-order valence-electron chi connectivity index (χ3n) is 2.62. The summed E-state index contributed by atoms with van der Waals surface area (Å²) in [7, 11) is 0. The van der Waals surface area contributed by atoms with E-state index in [0.29, 0.717) is 8.95 Å². The second kappa shape index (κ2) is 6.37. The first-order valence-electron chi connectivity index (χ1n) is 5.70. The monoisotopic (exact) mass is 401 g/mol. The van der Waals surface area contributed by atoms with Gasteiger partial charge in [0.05, 0.1) is 15.7 Å². The highest BCUT2D eigenvalue weighted by Gasteiger charge is 2.17. The lowest BCUT2D eigenvalue weighted by atomic mass is 10.2. The van der Waals surface area contributed by atoms with Gasteiger partial charge in [-0.15, -0.1) is 0 Å². The van der Waals surface area contributed by atoms with Gasteiger partial charge in [0.25, 0.3) is 5.91 Å². The van der Waals surface area contributed by atoms with Gasteiger partial charge in [0.2, 0.25) is 0 Å². The lowest BCUT2D eigenvalue weighted by Gasteiger charge is -2.10. The standard InChI is InChI=1S/C14H10Br2FNO2/c15-8-6-9(13(19)10(16)7-8)14(20)18-12-5-3-1-2-4-11(12)17/h1-3,5-7,19H,4H2,(H,18,20). The van der Waals surface area contributed by atoms with Crippen LogP contribution >= 0.6 is 31.9 Å². The van der Waals surface area contributed by atoms with Crippen LogP contribution in [0.25, 0.3) is 0 Å². The van der Waals surface area contributed by atoms with Gasteiger partial charge < -0.3 is 10.4 Å². The molecule has 0 spiro atoms. The molecular formula is C14H10Br2FNO2. The number of carbonyl (C=O) groups excluding carboxylic acids is 1. The molecule has 0 bridgehead atoms. The maximum Gasteiger partial charge on any atom is 0.259 e. The summed E-state index contributed by atoms with van der Waals surface area (Å²) in [5.74, 6) is -1.21. The number of nitrogens with one attached hydrogen (secondary N) is 1. The summed E-state index contributed by atoms with van der Waals surface area (Å²) < 4.78 is 14.7. The number of amides is 1. The Morgan fingerprint density at radius 3 is 2.80 bits per heavy atom. The van der Waals surface area contributed by atoms with E-state index in [1.807, 2.05) is 0 Å². The summed E-state index contributed by atoms with van der Waals surface area (Å²) >= 11 is 6.38. The van der Waals surface area contributed by atoms with Gasteiger partial charge in [-0.05, 0) is 34.1 Å². The fourth-order valence-corrected chi connectivity index (χ4v) is 2.87. The van der Waals surface area contributed by atoms with E-state index in [0.717, 1.165) is 0 Å². The van der Waals surface area contributed by atoms with Crippen LogP contribution in [-0.2, 0) is 0 Å². The van der Waals surface area contributed by atoms with Crippen molar-refractivity contribution in [1.29, 1.82) is 0 Å². The minimum Gasteiger partial charge on any atom is -0.506 e. The maximum absolute atomic E-state index is 13.7. The number of carbonyl (C=O) groups is 1. The molecule has 104 valence electrons. The summed E-state index contributed by atoms with van der Waals surface area (Å²) in [6.45, 7) is 0. The zero-order chi connectivity index (χ0) is 14.7. The molecule has 2 rings (SSSR count). The Balaban J connectivity index is 2.29. The number of phenolic OH excluding ortho intramolecular Hbond substituents is 1. The molecular weight excluding hydrogens is 393 g/mol. The Morgan fingerprint density at radius 2 is 2.05 bits per heavy atom. The van der Waals surface area contributed by atoms with Crippen LogP contribution in [0.5, 0.6) is 5.75 Å². The Morgan fingerprint density at radius 1 is 1.30 bits per heavy atom. The fourth-order valence-electron chi connectivity index (χ4n) is 1.64. The van der Waals surface area contributed by atoms with Gasteiger partial charge in [0.1, 0.15) is 11.6 Å². The Labute approximate surface area is 132 Å². The molecule has 0 radical (unpaired) electrons. The topological polar surface area (TPSA) is 49.3 Å². The van der Waals surface area contributed by atoms with Crippen molar-refractivity contribution in [1.82, 2.24) is 5.32 Å². The Kier molecular flexibility index (Phi) is 4.77. The third kappa shape index (κ3) is 3.37. The molecule has 1 aromatic rings. The first-order chi connectivity index (χ1) is 9.49. The largest absolute Gasteiger partial charge is 0.506 e. The molecule has 0 atom stereocenters. The molecule has 1 aliphatic rings. The van der Waals surface area contributed by atoms with E-state index >= 15 is 0 Å². The summed E-state index contributed by atoms with van der Waals surface area (Å²) in [5.41, 5.74) is 0.146. The van der Waals surface area contributed by atoms with Crippen molar-refractivity contribution in [3.05, 3.63) is 62.5 Å². The quantitative estimate of drug-likeness (QED) is 0.772. The number of benzene rings is 1. The molecule has 3 nitrogen and oxygen atoms in total. The average molecular weight is 403 g/mol. The van der Waals surface area contributed by atoms with Crippen LogP contribution in [-0.4, -0.2) is 11.0 Å². The number of hydrogen-bond acceptors (Lipinski definition) is 2. The number of aromatic hydroxyl groups is 1. The Bertz CT molecular complexity index is 651. The molecule has 0 aliphatic heterocycles. The van der Waals surface area contributed by atoms with Crippen molar-refractivity contribution >= 4 is 37.8 Å². The lowest BCUT2D eigenvalue weighted by molar-refractivity contribution is 0.0963. The second-order valence-corrected chi connectivity index (χ2v) is 5.82. The number of rotatable bonds is 2. The van der Waals surface area contributed by atoms with Crippen molar-refractivity contribution < 1.29 is 14.3 Å². The number of halogens is 3. The van der Waals surface area contributed by atoms with E-state index in [4.69, 9.17) is 0 Å². The van der Waals surface area contributed by atoms with Crippen LogP contribution in [0.15, 0.2) is 56.9 Å². The summed E-state index contributed by atoms with van der Waals surface area (Å²) in [6, 6.07) is 3.08. The van der Waals surface area contributed by atoms with E-state index in [2.05, 4.69) is 37.2 Å². The summed E-state index contributed by atoms with van der Waals surface area (Å²) in [5, 5.41) is 12.3. The van der Waals surface area contributed by atoms with Crippen molar-refractivity contribution in [2.24, 2.45) is 0 Å². The highest BCUT2D eigenvalue weighted by molar-refractivity contribution is 9.11. The molecule has 0 fully saturated rings. The van der Waals surface area contributed by atoms with E-state index in [-0.39, 0.29) is 23.4 Å². The molecule has 0 aromatic heterocycles. The molecule has 2 N–H and O–H groups in total. The van der Waals surface area contributed by atoms with Crippen molar-refractivity contribution in [3.8, 4) is 5.75 Å². The second-order valence-electron chi connectivity index (χ2n) is 4.05. The highest BCUT2D eigenvalue weighted by atomic mass is 79.9. The number of allylic oxidation sites excluding steroid dienone is 5. The minimum atomic E-state index is -0.582. The predicted molar refractivity (Wildman–Crippen MR) is 82.0 cm³/mol. The molecule has 1 amide bonds. The highest BCUT2D eigenvalue weighted by Crippen LogP contribution is 2.31. The van der Waals surface area contributed by atoms with Crippen LogP contribution < -0.4 is 5.32 Å².